The van der Waals surface area contributed by atoms with Crippen molar-refractivity contribution in [1.82, 2.24) is 5.32 Å². The Kier molecular flexibility index (Phi) is 7.25. The summed E-state index contributed by atoms with van der Waals surface area (Å²) in [5.74, 6) is -0.127. The highest BCUT2D eigenvalue weighted by Gasteiger charge is 2.14. The standard InChI is InChI=1S/C21H25ClN2O3/c1-13(2)10-15-4-6-16(7-5-15)14(3)24-20(25)12-27-19-9-8-17(22)11-18(19)21(23)26/h4-9,11,13-14H,10,12H2,1-3H3,(H2,23,26)(H,24,25)/t14-/m1/s1. The topological polar surface area (TPSA) is 81.4 Å². The molecule has 0 fully saturated rings. The van der Waals surface area contributed by atoms with Crippen molar-refractivity contribution in [1.29, 1.82) is 0 Å². The number of carbonyl (C=O) groups is 2. The zero-order valence-corrected chi connectivity index (χ0v) is 16.5. The van der Waals surface area contributed by atoms with Gasteiger partial charge in [0.15, 0.2) is 6.61 Å². The maximum absolute atomic E-state index is 12.2. The fourth-order valence-corrected chi connectivity index (χ4v) is 2.92. The number of carbonyl (C=O) groups excluding carboxylic acids is 2. The number of halogens is 1. The third kappa shape index (κ3) is 6.29. The molecule has 0 aliphatic carbocycles. The monoisotopic (exact) mass is 388 g/mol. The molecule has 144 valence electrons. The first kappa shape index (κ1) is 20.8. The Morgan fingerprint density at radius 1 is 1.11 bits per heavy atom. The largest absolute Gasteiger partial charge is 0.483 e. The Hall–Kier alpha value is -2.53. The molecule has 1 atom stereocenters. The SMILES string of the molecule is CC(C)Cc1ccc([C@@H](C)NC(=O)COc2ccc(Cl)cc2C(N)=O)cc1. The lowest BCUT2D eigenvalue weighted by molar-refractivity contribution is -0.123. The summed E-state index contributed by atoms with van der Waals surface area (Å²) >= 11 is 5.86. The average Bonchev–Trinajstić information content (AvgIpc) is 2.60. The van der Waals surface area contributed by atoms with Crippen LogP contribution in [0.2, 0.25) is 5.02 Å². The molecule has 0 aliphatic rings. The number of nitrogens with two attached hydrogens (primary N) is 1. The maximum atomic E-state index is 12.2. The van der Waals surface area contributed by atoms with Gasteiger partial charge in [-0.25, -0.2) is 0 Å². The van der Waals surface area contributed by atoms with Crippen LogP contribution in [0.25, 0.3) is 0 Å². The fraction of sp³-hybridized carbons (Fsp3) is 0.333. The number of primary amides is 1. The first-order chi connectivity index (χ1) is 12.8. The average molecular weight is 389 g/mol. The Labute approximate surface area is 164 Å². The van der Waals surface area contributed by atoms with Gasteiger partial charge >= 0.3 is 0 Å². The lowest BCUT2D eigenvalue weighted by atomic mass is 10.00. The number of ether oxygens (including phenoxy) is 1. The molecule has 6 heteroatoms. The molecule has 2 amide bonds. The molecule has 0 saturated carbocycles. The van der Waals surface area contributed by atoms with Crippen molar-refractivity contribution in [3.63, 3.8) is 0 Å². The highest BCUT2D eigenvalue weighted by atomic mass is 35.5. The van der Waals surface area contributed by atoms with Crippen LogP contribution in [0, 0.1) is 5.92 Å². The van der Waals surface area contributed by atoms with Crippen LogP contribution in [-0.4, -0.2) is 18.4 Å². The molecular formula is C21H25ClN2O3. The molecule has 0 unspecified atom stereocenters. The van der Waals surface area contributed by atoms with Crippen molar-refractivity contribution >= 4 is 23.4 Å². The summed E-state index contributed by atoms with van der Waals surface area (Å²) in [4.78, 5) is 23.6. The second-order valence-corrected chi connectivity index (χ2v) is 7.36. The molecule has 5 nitrogen and oxygen atoms in total. The van der Waals surface area contributed by atoms with E-state index >= 15 is 0 Å². The molecule has 0 bridgehead atoms. The number of benzene rings is 2. The van der Waals surface area contributed by atoms with Crippen LogP contribution < -0.4 is 15.8 Å². The second kappa shape index (κ2) is 9.42. The van der Waals surface area contributed by atoms with E-state index in [2.05, 4.69) is 31.3 Å². The molecule has 3 N–H and O–H groups in total. The fourth-order valence-electron chi connectivity index (χ4n) is 2.74. The van der Waals surface area contributed by atoms with Crippen LogP contribution in [0.3, 0.4) is 0 Å². The lowest BCUT2D eigenvalue weighted by Gasteiger charge is -2.16. The first-order valence-electron chi connectivity index (χ1n) is 8.86. The van der Waals surface area contributed by atoms with E-state index in [1.165, 1.54) is 17.7 Å². The van der Waals surface area contributed by atoms with Crippen LogP contribution in [-0.2, 0) is 11.2 Å². The number of nitrogens with one attached hydrogen (secondary N) is 1. The van der Waals surface area contributed by atoms with Gasteiger partial charge in [0, 0.05) is 5.02 Å². The van der Waals surface area contributed by atoms with Crippen LogP contribution in [0.4, 0.5) is 0 Å². The van der Waals surface area contributed by atoms with E-state index in [1.54, 1.807) is 6.07 Å². The van der Waals surface area contributed by atoms with E-state index in [4.69, 9.17) is 22.1 Å². The molecule has 2 rings (SSSR count). The predicted octanol–water partition coefficient (Wildman–Crippen LogP) is 3.89. The number of hydrogen-bond acceptors (Lipinski definition) is 3. The van der Waals surface area contributed by atoms with Crippen LogP contribution >= 0.6 is 11.6 Å². The van der Waals surface area contributed by atoms with Crippen LogP contribution in [0.15, 0.2) is 42.5 Å². The van der Waals surface area contributed by atoms with E-state index in [1.807, 2.05) is 19.1 Å². The molecule has 2 aromatic carbocycles. The third-order valence-corrected chi connectivity index (χ3v) is 4.30. The number of amides is 2. The zero-order chi connectivity index (χ0) is 20.0. The molecule has 2 aromatic rings. The second-order valence-electron chi connectivity index (χ2n) is 6.92. The highest BCUT2D eigenvalue weighted by molar-refractivity contribution is 6.31. The minimum Gasteiger partial charge on any atom is -0.483 e. The van der Waals surface area contributed by atoms with Crippen LogP contribution in [0.5, 0.6) is 5.75 Å². The Morgan fingerprint density at radius 3 is 2.37 bits per heavy atom. The van der Waals surface area contributed by atoms with Crippen molar-refractivity contribution < 1.29 is 14.3 Å². The molecule has 0 spiro atoms. The van der Waals surface area contributed by atoms with Crippen LogP contribution in [0.1, 0.15) is 48.3 Å². The highest BCUT2D eigenvalue weighted by Crippen LogP contribution is 2.22. The first-order valence-corrected chi connectivity index (χ1v) is 9.24. The molecule has 0 radical (unpaired) electrons. The van der Waals surface area contributed by atoms with Gasteiger partial charge in [0.2, 0.25) is 0 Å². The van der Waals surface area contributed by atoms with E-state index in [-0.39, 0.29) is 29.9 Å². The van der Waals surface area contributed by atoms with Gasteiger partial charge in [-0.05, 0) is 48.6 Å². The molecule has 0 saturated heterocycles. The van der Waals surface area contributed by atoms with Crippen molar-refractivity contribution in [2.45, 2.75) is 33.2 Å². The summed E-state index contributed by atoms with van der Waals surface area (Å²) in [6.07, 6.45) is 1.03. The predicted molar refractivity (Wildman–Crippen MR) is 107 cm³/mol. The molecule has 27 heavy (non-hydrogen) atoms. The van der Waals surface area contributed by atoms with E-state index in [9.17, 15) is 9.59 Å². The Balaban J connectivity index is 1.93. The zero-order valence-electron chi connectivity index (χ0n) is 15.8. The third-order valence-electron chi connectivity index (χ3n) is 4.07. The van der Waals surface area contributed by atoms with Gasteiger partial charge < -0.3 is 15.8 Å². The minimum absolute atomic E-state index is 0.143. The molecule has 0 aromatic heterocycles. The van der Waals surface area contributed by atoms with Gasteiger partial charge in [-0.15, -0.1) is 0 Å². The lowest BCUT2D eigenvalue weighted by Crippen LogP contribution is -2.31. The summed E-state index contributed by atoms with van der Waals surface area (Å²) in [7, 11) is 0. The Morgan fingerprint density at radius 2 is 1.78 bits per heavy atom. The van der Waals surface area contributed by atoms with Gasteiger partial charge in [-0.2, -0.15) is 0 Å². The molecule has 0 aliphatic heterocycles. The summed E-state index contributed by atoms with van der Waals surface area (Å²) in [5.41, 5.74) is 7.74. The molecular weight excluding hydrogens is 364 g/mol. The normalized spacial score (nSPS) is 11.9. The van der Waals surface area contributed by atoms with Crippen molar-refractivity contribution in [3.8, 4) is 5.75 Å². The van der Waals surface area contributed by atoms with Gasteiger partial charge in [-0.3, -0.25) is 9.59 Å². The molecule has 0 heterocycles. The smallest absolute Gasteiger partial charge is 0.258 e. The maximum Gasteiger partial charge on any atom is 0.258 e. The van der Waals surface area contributed by atoms with Gasteiger partial charge in [0.1, 0.15) is 5.75 Å². The quantitative estimate of drug-likeness (QED) is 0.719. The summed E-state index contributed by atoms with van der Waals surface area (Å²) in [6, 6.07) is 12.6. The van der Waals surface area contributed by atoms with Crippen molar-refractivity contribution in [2.75, 3.05) is 6.61 Å². The van der Waals surface area contributed by atoms with Gasteiger partial charge in [-0.1, -0.05) is 49.7 Å². The summed E-state index contributed by atoms with van der Waals surface area (Å²) in [6.45, 7) is 6.05. The Bertz CT molecular complexity index is 804. The van der Waals surface area contributed by atoms with Crippen molar-refractivity contribution in [2.24, 2.45) is 11.7 Å². The number of hydrogen-bond donors (Lipinski definition) is 2. The number of rotatable bonds is 8. The van der Waals surface area contributed by atoms with E-state index in [0.29, 0.717) is 10.9 Å². The summed E-state index contributed by atoms with van der Waals surface area (Å²) in [5, 5.41) is 3.25. The van der Waals surface area contributed by atoms with Crippen molar-refractivity contribution in [3.05, 3.63) is 64.2 Å². The van der Waals surface area contributed by atoms with Gasteiger partial charge in [0.05, 0.1) is 11.6 Å². The summed E-state index contributed by atoms with van der Waals surface area (Å²) < 4.78 is 5.44. The van der Waals surface area contributed by atoms with Gasteiger partial charge in [0.25, 0.3) is 11.8 Å². The minimum atomic E-state index is -0.664. The van der Waals surface area contributed by atoms with E-state index < -0.39 is 5.91 Å². The van der Waals surface area contributed by atoms with E-state index in [0.717, 1.165) is 12.0 Å².